The Morgan fingerprint density at radius 2 is 2.00 bits per heavy atom. The molecule has 0 amide bonds. The van der Waals surface area contributed by atoms with Crippen molar-refractivity contribution < 1.29 is 0 Å². The van der Waals surface area contributed by atoms with Crippen molar-refractivity contribution in [1.82, 2.24) is 14.5 Å². The molecule has 3 aromatic rings. The standard InChI is InChI=1S/C20H22N4OS/c1-20(2,3)17-10-9-14(13-21)18(23-17)26-12-6-11-24-16-8-5-4-7-15(16)22-19(24)25/h4-5,7-10H,6,11-12H2,1-3H3,(H,22,25). The first-order valence-electron chi connectivity index (χ1n) is 8.62. The second-order valence-electron chi connectivity index (χ2n) is 7.21. The summed E-state index contributed by atoms with van der Waals surface area (Å²) in [5, 5.41) is 10.1. The van der Waals surface area contributed by atoms with Gasteiger partial charge in [-0.3, -0.25) is 4.57 Å². The van der Waals surface area contributed by atoms with Gasteiger partial charge in [0, 0.05) is 23.4 Å². The quantitative estimate of drug-likeness (QED) is 0.545. The summed E-state index contributed by atoms with van der Waals surface area (Å²) in [6, 6.07) is 13.7. The number of aromatic nitrogens is 3. The number of hydrogen-bond donors (Lipinski definition) is 1. The SMILES string of the molecule is CC(C)(C)c1ccc(C#N)c(SCCCn2c(=O)[nH]c3ccccc32)n1. The van der Waals surface area contributed by atoms with E-state index in [2.05, 4.69) is 36.8 Å². The number of rotatable bonds is 5. The largest absolute Gasteiger partial charge is 0.326 e. The number of aryl methyl sites for hydroxylation is 1. The highest BCUT2D eigenvalue weighted by Gasteiger charge is 2.17. The monoisotopic (exact) mass is 366 g/mol. The number of imidazole rings is 1. The van der Waals surface area contributed by atoms with E-state index in [0.717, 1.165) is 33.9 Å². The third-order valence-corrected chi connectivity index (χ3v) is 5.27. The molecule has 0 fully saturated rings. The number of hydrogen-bond acceptors (Lipinski definition) is 4. The van der Waals surface area contributed by atoms with Crippen molar-refractivity contribution in [2.45, 2.75) is 44.2 Å². The van der Waals surface area contributed by atoms with Gasteiger partial charge in [0.2, 0.25) is 0 Å². The van der Waals surface area contributed by atoms with Gasteiger partial charge in [-0.2, -0.15) is 5.26 Å². The van der Waals surface area contributed by atoms with Gasteiger partial charge in [-0.25, -0.2) is 9.78 Å². The van der Waals surface area contributed by atoms with Gasteiger partial charge in [0.15, 0.2) is 0 Å². The second kappa shape index (κ2) is 7.38. The molecule has 26 heavy (non-hydrogen) atoms. The maximum atomic E-state index is 12.1. The summed E-state index contributed by atoms with van der Waals surface area (Å²) >= 11 is 1.58. The molecule has 3 rings (SSSR count). The fraction of sp³-hybridized carbons (Fsp3) is 0.350. The lowest BCUT2D eigenvalue weighted by atomic mass is 9.91. The van der Waals surface area contributed by atoms with Gasteiger partial charge in [0.1, 0.15) is 11.1 Å². The first-order chi connectivity index (χ1) is 12.4. The molecule has 2 heterocycles. The van der Waals surface area contributed by atoms with Crippen molar-refractivity contribution in [2.75, 3.05) is 5.75 Å². The highest BCUT2D eigenvalue weighted by molar-refractivity contribution is 7.99. The average Bonchev–Trinajstić information content (AvgIpc) is 2.93. The predicted octanol–water partition coefficient (Wildman–Crippen LogP) is 4.08. The first kappa shape index (κ1) is 18.3. The number of benzene rings is 1. The van der Waals surface area contributed by atoms with Gasteiger partial charge in [-0.15, -0.1) is 11.8 Å². The summed E-state index contributed by atoms with van der Waals surface area (Å²) in [7, 11) is 0. The number of para-hydroxylation sites is 2. The average molecular weight is 366 g/mol. The van der Waals surface area contributed by atoms with Crippen molar-refractivity contribution >= 4 is 22.8 Å². The molecule has 0 aliphatic heterocycles. The van der Waals surface area contributed by atoms with E-state index in [-0.39, 0.29) is 11.1 Å². The second-order valence-corrected chi connectivity index (χ2v) is 8.30. The Kier molecular flexibility index (Phi) is 5.19. The molecule has 0 spiro atoms. The maximum absolute atomic E-state index is 12.1. The lowest BCUT2D eigenvalue weighted by Gasteiger charge is -2.18. The summed E-state index contributed by atoms with van der Waals surface area (Å²) in [4.78, 5) is 19.7. The third kappa shape index (κ3) is 3.83. The van der Waals surface area contributed by atoms with Gasteiger partial charge in [-0.1, -0.05) is 32.9 Å². The fourth-order valence-corrected chi connectivity index (χ4v) is 3.67. The Balaban J connectivity index is 1.69. The minimum absolute atomic E-state index is 0.0549. The summed E-state index contributed by atoms with van der Waals surface area (Å²) in [6.07, 6.45) is 0.818. The molecule has 0 unspecified atom stereocenters. The van der Waals surface area contributed by atoms with Crippen molar-refractivity contribution in [3.8, 4) is 6.07 Å². The molecule has 0 atom stereocenters. The Labute approximate surface area is 157 Å². The van der Waals surface area contributed by atoms with Crippen molar-refractivity contribution in [3.05, 3.63) is 58.1 Å². The van der Waals surface area contributed by atoms with E-state index < -0.39 is 0 Å². The number of H-pyrrole nitrogens is 1. The van der Waals surface area contributed by atoms with Gasteiger partial charge in [0.25, 0.3) is 0 Å². The van der Waals surface area contributed by atoms with Gasteiger partial charge in [0.05, 0.1) is 16.6 Å². The number of thioether (sulfide) groups is 1. The molecule has 0 saturated carbocycles. The van der Waals surface area contributed by atoms with Crippen LogP contribution < -0.4 is 5.69 Å². The number of nitriles is 1. The van der Waals surface area contributed by atoms with Crippen molar-refractivity contribution in [3.63, 3.8) is 0 Å². The summed E-state index contributed by atoms with van der Waals surface area (Å²) < 4.78 is 1.76. The highest BCUT2D eigenvalue weighted by Crippen LogP contribution is 2.26. The number of nitrogens with zero attached hydrogens (tertiary/aromatic N) is 3. The number of fused-ring (bicyclic) bond motifs is 1. The molecule has 5 nitrogen and oxygen atoms in total. The lowest BCUT2D eigenvalue weighted by molar-refractivity contribution is 0.563. The van der Waals surface area contributed by atoms with Crippen LogP contribution >= 0.6 is 11.8 Å². The zero-order valence-electron chi connectivity index (χ0n) is 15.2. The van der Waals surface area contributed by atoms with E-state index in [9.17, 15) is 10.1 Å². The molecule has 0 bridgehead atoms. The van der Waals surface area contributed by atoms with Crippen LogP contribution in [0, 0.1) is 11.3 Å². The minimum atomic E-state index is -0.0817. The molecule has 134 valence electrons. The normalized spacial score (nSPS) is 11.6. The van der Waals surface area contributed by atoms with Crippen LogP contribution in [0.15, 0.2) is 46.2 Å². The third-order valence-electron chi connectivity index (χ3n) is 4.20. The number of aromatic amines is 1. The molecule has 0 radical (unpaired) electrons. The smallest absolute Gasteiger partial charge is 0.306 e. The Morgan fingerprint density at radius 3 is 2.73 bits per heavy atom. The number of pyridine rings is 1. The van der Waals surface area contributed by atoms with Crippen molar-refractivity contribution in [2.24, 2.45) is 0 Å². The zero-order chi connectivity index (χ0) is 18.7. The van der Waals surface area contributed by atoms with Gasteiger partial charge >= 0.3 is 5.69 Å². The Hall–Kier alpha value is -2.52. The van der Waals surface area contributed by atoms with Crippen LogP contribution in [0.2, 0.25) is 0 Å². The predicted molar refractivity (Wildman–Crippen MR) is 106 cm³/mol. The van der Waals surface area contributed by atoms with Gasteiger partial charge in [-0.05, 0) is 30.7 Å². The summed E-state index contributed by atoms with van der Waals surface area (Å²) in [6.45, 7) is 6.97. The molecule has 1 aromatic carbocycles. The van der Waals surface area contributed by atoms with E-state index in [1.54, 1.807) is 16.3 Å². The zero-order valence-corrected chi connectivity index (χ0v) is 16.1. The van der Waals surface area contributed by atoms with E-state index in [1.165, 1.54) is 0 Å². The number of nitrogens with one attached hydrogen (secondary N) is 1. The fourth-order valence-electron chi connectivity index (χ4n) is 2.77. The van der Waals surface area contributed by atoms with E-state index in [1.807, 2.05) is 36.4 Å². The van der Waals surface area contributed by atoms with E-state index in [4.69, 9.17) is 0 Å². The van der Waals surface area contributed by atoms with Crippen LogP contribution in [0.25, 0.3) is 11.0 Å². The maximum Gasteiger partial charge on any atom is 0.326 e. The van der Waals surface area contributed by atoms with Gasteiger partial charge < -0.3 is 4.98 Å². The Bertz CT molecular complexity index is 1020. The molecule has 2 aromatic heterocycles. The molecular formula is C20H22N4OS. The highest BCUT2D eigenvalue weighted by atomic mass is 32.2. The van der Waals surface area contributed by atoms with Crippen LogP contribution in [0.4, 0.5) is 0 Å². The summed E-state index contributed by atoms with van der Waals surface area (Å²) in [5.41, 5.74) is 3.23. The van der Waals surface area contributed by atoms with Crippen LogP contribution in [-0.4, -0.2) is 20.3 Å². The van der Waals surface area contributed by atoms with Crippen LogP contribution in [0.3, 0.4) is 0 Å². The molecule has 0 aliphatic rings. The minimum Gasteiger partial charge on any atom is -0.306 e. The molecule has 0 saturated heterocycles. The van der Waals surface area contributed by atoms with E-state index in [0.29, 0.717) is 12.1 Å². The van der Waals surface area contributed by atoms with Crippen LogP contribution in [0.1, 0.15) is 38.4 Å². The van der Waals surface area contributed by atoms with Crippen LogP contribution in [-0.2, 0) is 12.0 Å². The first-order valence-corrected chi connectivity index (χ1v) is 9.60. The van der Waals surface area contributed by atoms with Crippen molar-refractivity contribution in [1.29, 1.82) is 5.26 Å². The van der Waals surface area contributed by atoms with E-state index >= 15 is 0 Å². The van der Waals surface area contributed by atoms with Crippen LogP contribution in [0.5, 0.6) is 0 Å². The Morgan fingerprint density at radius 1 is 1.23 bits per heavy atom. The molecule has 1 N–H and O–H groups in total. The summed E-state index contributed by atoms with van der Waals surface area (Å²) in [5.74, 6) is 0.793. The molecule has 0 aliphatic carbocycles. The topological polar surface area (TPSA) is 74.5 Å². The lowest BCUT2D eigenvalue weighted by Crippen LogP contribution is -2.17. The molecular weight excluding hydrogens is 344 g/mol. The molecule has 6 heteroatoms.